The van der Waals surface area contributed by atoms with Gasteiger partial charge in [0.05, 0.1) is 9.79 Å². The van der Waals surface area contributed by atoms with Gasteiger partial charge in [-0.1, -0.05) is 19.9 Å². The minimum Gasteiger partial charge on any atom is -0.315 e. The zero-order valence-corrected chi connectivity index (χ0v) is 15.9. The van der Waals surface area contributed by atoms with Crippen LogP contribution < -0.4 is 5.32 Å². The first kappa shape index (κ1) is 19.3. The Labute approximate surface area is 144 Å². The van der Waals surface area contributed by atoms with Crippen molar-refractivity contribution in [3.05, 3.63) is 24.3 Å². The molecule has 0 aromatic heterocycles. The van der Waals surface area contributed by atoms with Gasteiger partial charge in [-0.2, -0.15) is 8.61 Å². The monoisotopic (exact) mass is 375 g/mol. The number of likely N-dealkylation sites (N-methyl/N-ethyl adjacent to an activating group) is 1. The second kappa shape index (κ2) is 7.49. The highest BCUT2D eigenvalue weighted by Crippen LogP contribution is 2.23. The van der Waals surface area contributed by atoms with Crippen LogP contribution in [0.25, 0.3) is 0 Å². The molecule has 1 unspecified atom stereocenters. The van der Waals surface area contributed by atoms with Gasteiger partial charge in [0.15, 0.2) is 0 Å². The van der Waals surface area contributed by atoms with Crippen LogP contribution in [0.1, 0.15) is 20.3 Å². The summed E-state index contributed by atoms with van der Waals surface area (Å²) in [6.45, 7) is 5.56. The summed E-state index contributed by atoms with van der Waals surface area (Å²) in [7, 11) is -5.88. The molecule has 24 heavy (non-hydrogen) atoms. The van der Waals surface area contributed by atoms with E-state index in [2.05, 4.69) is 5.32 Å². The topological polar surface area (TPSA) is 86.8 Å². The summed E-state index contributed by atoms with van der Waals surface area (Å²) >= 11 is 0. The first-order chi connectivity index (χ1) is 11.2. The molecule has 9 heteroatoms. The van der Waals surface area contributed by atoms with Crippen LogP contribution in [0.3, 0.4) is 0 Å². The van der Waals surface area contributed by atoms with Crippen LogP contribution >= 0.6 is 0 Å². The van der Waals surface area contributed by atoms with Gasteiger partial charge in [0.2, 0.25) is 20.0 Å². The van der Waals surface area contributed by atoms with Crippen molar-refractivity contribution >= 4 is 20.0 Å². The predicted molar refractivity (Wildman–Crippen MR) is 92.8 cm³/mol. The van der Waals surface area contributed by atoms with Crippen LogP contribution in [0.2, 0.25) is 0 Å². The largest absolute Gasteiger partial charge is 0.315 e. The molecule has 1 aromatic carbocycles. The highest BCUT2D eigenvalue weighted by atomic mass is 32.2. The van der Waals surface area contributed by atoms with E-state index in [4.69, 9.17) is 0 Å². The summed E-state index contributed by atoms with van der Waals surface area (Å²) in [6.07, 6.45) is 0.743. The van der Waals surface area contributed by atoms with Crippen LogP contribution in [0.4, 0.5) is 0 Å². The second-order valence-electron chi connectivity index (χ2n) is 5.73. The number of hydrogen-bond donors (Lipinski definition) is 1. The normalized spacial score (nSPS) is 19.3. The quantitative estimate of drug-likeness (QED) is 0.758. The van der Waals surface area contributed by atoms with Crippen molar-refractivity contribution in [1.29, 1.82) is 0 Å². The molecular weight excluding hydrogens is 350 g/mol. The molecule has 0 spiro atoms. The zero-order chi connectivity index (χ0) is 18.0. The number of nitrogens with one attached hydrogen (secondary N) is 1. The van der Waals surface area contributed by atoms with Crippen molar-refractivity contribution in [2.45, 2.75) is 36.1 Å². The van der Waals surface area contributed by atoms with Gasteiger partial charge in [0.1, 0.15) is 0 Å². The van der Waals surface area contributed by atoms with Crippen molar-refractivity contribution < 1.29 is 16.8 Å². The van der Waals surface area contributed by atoms with E-state index in [1.807, 2.05) is 0 Å². The first-order valence-corrected chi connectivity index (χ1v) is 10.9. The number of hydrogen-bond acceptors (Lipinski definition) is 5. The van der Waals surface area contributed by atoms with E-state index in [1.165, 1.54) is 32.9 Å². The molecule has 0 aliphatic carbocycles. The number of nitrogens with zero attached hydrogens (tertiary/aromatic N) is 2. The summed E-state index contributed by atoms with van der Waals surface area (Å²) in [4.78, 5) is 0.00959. The molecule has 136 valence electrons. The van der Waals surface area contributed by atoms with E-state index in [1.54, 1.807) is 20.9 Å². The third-order valence-electron chi connectivity index (χ3n) is 4.37. The molecule has 1 N–H and O–H groups in total. The Bertz CT molecular complexity index is 768. The Balaban J connectivity index is 2.39. The minimum atomic E-state index is -3.73. The number of sulfonamides is 2. The molecule has 2 rings (SSSR count). The molecule has 1 atom stereocenters. The van der Waals surface area contributed by atoms with Crippen LogP contribution in [0.5, 0.6) is 0 Å². The molecule has 0 saturated carbocycles. The van der Waals surface area contributed by atoms with E-state index in [-0.39, 0.29) is 15.8 Å². The fraction of sp³-hybridized carbons (Fsp3) is 0.600. The van der Waals surface area contributed by atoms with Crippen LogP contribution in [-0.2, 0) is 20.0 Å². The lowest BCUT2D eigenvalue weighted by Gasteiger charge is -2.24. The molecule has 1 fully saturated rings. The summed E-state index contributed by atoms with van der Waals surface area (Å²) < 4.78 is 53.4. The van der Waals surface area contributed by atoms with Gasteiger partial charge < -0.3 is 5.32 Å². The SMILES string of the molecule is CCN(CC)S(=O)(=O)c1cccc(S(=O)(=O)N(C)C2CCNC2)c1. The Kier molecular flexibility index (Phi) is 6.03. The Morgan fingerprint density at radius 1 is 1.08 bits per heavy atom. The highest BCUT2D eigenvalue weighted by Gasteiger charge is 2.31. The predicted octanol–water partition coefficient (Wildman–Crippen LogP) is 0.700. The lowest BCUT2D eigenvalue weighted by atomic mass is 10.3. The van der Waals surface area contributed by atoms with Gasteiger partial charge in [-0.3, -0.25) is 0 Å². The van der Waals surface area contributed by atoms with Crippen molar-refractivity contribution in [2.24, 2.45) is 0 Å². The molecule has 0 radical (unpaired) electrons. The van der Waals surface area contributed by atoms with Crippen LogP contribution in [-0.4, -0.2) is 64.7 Å². The third-order valence-corrected chi connectivity index (χ3v) is 8.33. The van der Waals surface area contributed by atoms with E-state index in [0.717, 1.165) is 13.0 Å². The Hall–Kier alpha value is -1.00. The maximum Gasteiger partial charge on any atom is 0.243 e. The molecule has 1 aliphatic heterocycles. The lowest BCUT2D eigenvalue weighted by molar-refractivity contribution is 0.387. The van der Waals surface area contributed by atoms with E-state index in [9.17, 15) is 16.8 Å². The molecule has 1 saturated heterocycles. The van der Waals surface area contributed by atoms with Crippen molar-refractivity contribution in [3.8, 4) is 0 Å². The van der Waals surface area contributed by atoms with Gasteiger partial charge in [0.25, 0.3) is 0 Å². The maximum atomic E-state index is 12.8. The third kappa shape index (κ3) is 3.65. The molecule has 1 aliphatic rings. The van der Waals surface area contributed by atoms with E-state index in [0.29, 0.717) is 19.6 Å². The maximum absolute atomic E-state index is 12.8. The van der Waals surface area contributed by atoms with Crippen molar-refractivity contribution in [1.82, 2.24) is 13.9 Å². The van der Waals surface area contributed by atoms with Gasteiger partial charge >= 0.3 is 0 Å². The van der Waals surface area contributed by atoms with Crippen molar-refractivity contribution in [3.63, 3.8) is 0 Å². The molecular formula is C15H25N3O4S2. The van der Waals surface area contributed by atoms with E-state index < -0.39 is 20.0 Å². The molecule has 1 heterocycles. The lowest BCUT2D eigenvalue weighted by Crippen LogP contribution is -2.38. The Morgan fingerprint density at radius 2 is 1.67 bits per heavy atom. The van der Waals surface area contributed by atoms with E-state index >= 15 is 0 Å². The average Bonchev–Trinajstić information content (AvgIpc) is 3.09. The van der Waals surface area contributed by atoms with Gasteiger partial charge in [-0.05, 0) is 31.2 Å². The number of benzene rings is 1. The molecule has 1 aromatic rings. The zero-order valence-electron chi connectivity index (χ0n) is 14.3. The fourth-order valence-corrected chi connectivity index (χ4v) is 5.83. The van der Waals surface area contributed by atoms with Gasteiger partial charge in [0, 0.05) is 32.7 Å². The van der Waals surface area contributed by atoms with Gasteiger partial charge in [-0.15, -0.1) is 0 Å². The molecule has 7 nitrogen and oxygen atoms in total. The fourth-order valence-electron chi connectivity index (χ4n) is 2.82. The van der Waals surface area contributed by atoms with Crippen LogP contribution in [0, 0.1) is 0 Å². The summed E-state index contributed by atoms with van der Waals surface area (Å²) in [5, 5.41) is 3.13. The molecule has 0 bridgehead atoms. The minimum absolute atomic E-state index is 0.00475. The highest BCUT2D eigenvalue weighted by molar-refractivity contribution is 7.90. The number of rotatable bonds is 7. The summed E-state index contributed by atoms with van der Waals surface area (Å²) in [6, 6.07) is 5.49. The smallest absolute Gasteiger partial charge is 0.243 e. The second-order valence-corrected chi connectivity index (χ2v) is 9.67. The van der Waals surface area contributed by atoms with Gasteiger partial charge in [-0.25, -0.2) is 16.8 Å². The van der Waals surface area contributed by atoms with Crippen molar-refractivity contribution in [2.75, 3.05) is 33.2 Å². The Morgan fingerprint density at radius 3 is 2.17 bits per heavy atom. The van der Waals surface area contributed by atoms with Crippen LogP contribution in [0.15, 0.2) is 34.1 Å². The molecule has 0 amide bonds. The summed E-state index contributed by atoms with van der Waals surface area (Å²) in [5.41, 5.74) is 0. The standard InChI is InChI=1S/C15H25N3O4S2/c1-4-18(5-2)24(21,22)15-8-6-7-14(11-15)23(19,20)17(3)13-9-10-16-12-13/h6-8,11,13,16H,4-5,9-10,12H2,1-3H3. The first-order valence-electron chi connectivity index (χ1n) is 8.04. The summed E-state index contributed by atoms with van der Waals surface area (Å²) in [5.74, 6) is 0. The average molecular weight is 376 g/mol.